The summed E-state index contributed by atoms with van der Waals surface area (Å²) in [7, 11) is -3.90. The molecule has 0 spiro atoms. The first-order valence-corrected chi connectivity index (χ1v) is 6.17. The van der Waals surface area contributed by atoms with Gasteiger partial charge >= 0.3 is 0 Å². The molecule has 1 atom stereocenters. The number of carbonyl (C=O) groups excluding carboxylic acids is 1. The van der Waals surface area contributed by atoms with Crippen molar-refractivity contribution in [1.82, 2.24) is 5.32 Å². The first kappa shape index (κ1) is 12.1. The Kier molecular flexibility index (Phi) is 4.19. The van der Waals surface area contributed by atoms with Crippen molar-refractivity contribution in [1.29, 1.82) is 0 Å². The average Bonchev–Trinajstić information content (AvgIpc) is 2.13. The Morgan fingerprint density at radius 3 is 2.73 bits per heavy atom. The molecule has 1 aliphatic rings. The predicted molar refractivity (Wildman–Crippen MR) is 56.1 cm³/mol. The number of carbonyl (C=O) groups is 1. The Morgan fingerprint density at radius 2 is 2.13 bits per heavy atom. The first-order valence-electron chi connectivity index (χ1n) is 4.56. The molecule has 0 aromatic heterocycles. The molecule has 0 amide bonds. The van der Waals surface area contributed by atoms with Crippen LogP contribution in [0.5, 0.6) is 0 Å². The van der Waals surface area contributed by atoms with E-state index in [1.54, 1.807) is 18.2 Å². The second-order valence-electron chi connectivity index (χ2n) is 3.22. The second-order valence-corrected chi connectivity index (χ2v) is 4.79. The fraction of sp³-hybridized carbons (Fsp3) is 0.444. The molecule has 0 bridgehead atoms. The summed E-state index contributed by atoms with van der Waals surface area (Å²) < 4.78 is 29.2. The first-order chi connectivity index (χ1) is 6.99. The van der Waals surface area contributed by atoms with E-state index in [1.807, 2.05) is 0 Å². The smallest absolute Gasteiger partial charge is 0.264 e. The molecule has 0 fully saturated rings. The van der Waals surface area contributed by atoms with E-state index >= 15 is 0 Å². The Bertz CT molecular complexity index is 383. The summed E-state index contributed by atoms with van der Waals surface area (Å²) in [6.07, 6.45) is 6.84. The number of ketones is 1. The number of hydrogen-bond donors (Lipinski definition) is 2. The van der Waals surface area contributed by atoms with Crippen LogP contribution in [0.4, 0.5) is 0 Å². The highest BCUT2D eigenvalue weighted by Gasteiger charge is 2.13. The van der Waals surface area contributed by atoms with E-state index in [0.717, 1.165) is 0 Å². The van der Waals surface area contributed by atoms with Crippen molar-refractivity contribution in [3.05, 3.63) is 24.3 Å². The molecule has 1 rings (SSSR count). The highest BCUT2D eigenvalue weighted by molar-refractivity contribution is 7.85. The lowest BCUT2D eigenvalue weighted by atomic mass is 10.1. The van der Waals surface area contributed by atoms with Crippen molar-refractivity contribution in [2.75, 3.05) is 12.3 Å². The van der Waals surface area contributed by atoms with Gasteiger partial charge < -0.3 is 5.32 Å². The van der Waals surface area contributed by atoms with Crippen LogP contribution < -0.4 is 5.32 Å². The van der Waals surface area contributed by atoms with Gasteiger partial charge in [-0.1, -0.05) is 18.2 Å². The Morgan fingerprint density at radius 1 is 1.40 bits per heavy atom. The van der Waals surface area contributed by atoms with Crippen LogP contribution in [0, 0.1) is 0 Å². The molecule has 0 heterocycles. The third-order valence-electron chi connectivity index (χ3n) is 1.93. The Hall–Kier alpha value is -0.980. The van der Waals surface area contributed by atoms with Crippen LogP contribution in [-0.4, -0.2) is 37.1 Å². The number of hydrogen-bond acceptors (Lipinski definition) is 4. The summed E-state index contributed by atoms with van der Waals surface area (Å²) in [5.74, 6) is -0.343. The van der Waals surface area contributed by atoms with Gasteiger partial charge in [0, 0.05) is 0 Å². The van der Waals surface area contributed by atoms with Gasteiger partial charge in [0.1, 0.15) is 0 Å². The number of allylic oxidation sites excluding steroid dienone is 2. The minimum Gasteiger partial charge on any atom is -0.304 e. The lowest BCUT2D eigenvalue weighted by Gasteiger charge is -2.13. The average molecular weight is 231 g/mol. The van der Waals surface area contributed by atoms with Gasteiger partial charge in [-0.2, -0.15) is 8.42 Å². The molecule has 0 saturated heterocycles. The van der Waals surface area contributed by atoms with Crippen LogP contribution in [0.25, 0.3) is 0 Å². The standard InChI is InChI=1S/C9H13NO4S/c11-9-5-2-1-4-8(9)10-6-3-7-15(12,13)14/h1-2,4-5,8,10H,3,6-7H2,(H,12,13,14). The van der Waals surface area contributed by atoms with E-state index in [0.29, 0.717) is 6.54 Å². The molecule has 0 aromatic rings. The highest BCUT2D eigenvalue weighted by atomic mass is 32.2. The molecule has 15 heavy (non-hydrogen) atoms. The number of nitrogens with one attached hydrogen (secondary N) is 1. The van der Waals surface area contributed by atoms with E-state index in [1.165, 1.54) is 6.08 Å². The quantitative estimate of drug-likeness (QED) is 0.510. The summed E-state index contributed by atoms with van der Waals surface area (Å²) in [6.45, 7) is 0.369. The largest absolute Gasteiger partial charge is 0.304 e. The Balaban J connectivity index is 2.24. The van der Waals surface area contributed by atoms with Gasteiger partial charge in [-0.3, -0.25) is 9.35 Å². The van der Waals surface area contributed by atoms with Gasteiger partial charge in [-0.25, -0.2) is 0 Å². The maximum absolute atomic E-state index is 11.2. The van der Waals surface area contributed by atoms with Gasteiger partial charge in [0.05, 0.1) is 11.8 Å². The summed E-state index contributed by atoms with van der Waals surface area (Å²) in [5.41, 5.74) is 0. The molecule has 5 nitrogen and oxygen atoms in total. The summed E-state index contributed by atoms with van der Waals surface area (Å²) in [5, 5.41) is 2.88. The van der Waals surface area contributed by atoms with Crippen LogP contribution in [0.2, 0.25) is 0 Å². The molecule has 1 unspecified atom stereocenters. The zero-order chi connectivity index (χ0) is 11.3. The lowest BCUT2D eigenvalue weighted by molar-refractivity contribution is -0.115. The van der Waals surface area contributed by atoms with Crippen molar-refractivity contribution in [2.24, 2.45) is 0 Å². The van der Waals surface area contributed by atoms with Gasteiger partial charge in [0.2, 0.25) is 0 Å². The fourth-order valence-electron chi connectivity index (χ4n) is 1.20. The summed E-state index contributed by atoms with van der Waals surface area (Å²) >= 11 is 0. The number of rotatable bonds is 5. The maximum Gasteiger partial charge on any atom is 0.264 e. The minimum atomic E-state index is -3.90. The normalized spacial score (nSPS) is 20.9. The molecule has 2 N–H and O–H groups in total. The van der Waals surface area contributed by atoms with Gasteiger partial charge in [0.15, 0.2) is 5.78 Å². The molecular weight excluding hydrogens is 218 g/mol. The summed E-state index contributed by atoms with van der Waals surface area (Å²) in [4.78, 5) is 11.2. The second kappa shape index (κ2) is 5.20. The molecule has 0 aliphatic heterocycles. The van der Waals surface area contributed by atoms with Crippen LogP contribution in [0.1, 0.15) is 6.42 Å². The van der Waals surface area contributed by atoms with Crippen molar-refractivity contribution < 1.29 is 17.8 Å². The third kappa shape index (κ3) is 4.87. The van der Waals surface area contributed by atoms with Crippen molar-refractivity contribution in [2.45, 2.75) is 12.5 Å². The summed E-state index contributed by atoms with van der Waals surface area (Å²) in [6, 6.07) is -0.378. The highest BCUT2D eigenvalue weighted by Crippen LogP contribution is 1.99. The van der Waals surface area contributed by atoms with Crippen LogP contribution in [0.15, 0.2) is 24.3 Å². The van der Waals surface area contributed by atoms with E-state index < -0.39 is 10.1 Å². The topological polar surface area (TPSA) is 83.5 Å². The molecule has 0 aromatic carbocycles. The van der Waals surface area contributed by atoms with Crippen molar-refractivity contribution >= 4 is 15.9 Å². The zero-order valence-electron chi connectivity index (χ0n) is 8.09. The predicted octanol–water partition coefficient (Wildman–Crippen LogP) is -0.0824. The maximum atomic E-state index is 11.2. The lowest BCUT2D eigenvalue weighted by Crippen LogP contribution is -2.36. The van der Waals surface area contributed by atoms with E-state index in [-0.39, 0.29) is 24.0 Å². The van der Waals surface area contributed by atoms with Crippen LogP contribution in [-0.2, 0) is 14.9 Å². The van der Waals surface area contributed by atoms with E-state index in [9.17, 15) is 13.2 Å². The fourth-order valence-corrected chi connectivity index (χ4v) is 1.71. The molecule has 1 aliphatic carbocycles. The zero-order valence-corrected chi connectivity index (χ0v) is 8.90. The molecule has 6 heteroatoms. The monoisotopic (exact) mass is 231 g/mol. The SMILES string of the molecule is O=C1C=CC=CC1NCCCS(=O)(=O)O. The van der Waals surface area contributed by atoms with Crippen molar-refractivity contribution in [3.8, 4) is 0 Å². The molecule has 0 radical (unpaired) electrons. The third-order valence-corrected chi connectivity index (χ3v) is 2.73. The van der Waals surface area contributed by atoms with Gasteiger partial charge in [-0.15, -0.1) is 0 Å². The molecular formula is C9H13NO4S. The van der Waals surface area contributed by atoms with Gasteiger partial charge in [0.25, 0.3) is 10.1 Å². The van der Waals surface area contributed by atoms with Gasteiger partial charge in [-0.05, 0) is 19.0 Å². The van der Waals surface area contributed by atoms with Crippen molar-refractivity contribution in [3.63, 3.8) is 0 Å². The molecule has 0 saturated carbocycles. The molecule has 84 valence electrons. The Labute approximate surface area is 88.6 Å². The van der Waals surface area contributed by atoms with E-state index in [4.69, 9.17) is 4.55 Å². The minimum absolute atomic E-state index is 0.0515. The van der Waals surface area contributed by atoms with Crippen LogP contribution >= 0.6 is 0 Å². The van der Waals surface area contributed by atoms with E-state index in [2.05, 4.69) is 5.32 Å². The van der Waals surface area contributed by atoms with Crippen LogP contribution in [0.3, 0.4) is 0 Å².